The number of carbonyl (C=O) groups excluding carboxylic acids is 2. The minimum atomic E-state index is -0.510. The summed E-state index contributed by atoms with van der Waals surface area (Å²) in [4.78, 5) is 30.7. The summed E-state index contributed by atoms with van der Waals surface area (Å²) in [6, 6.07) is 7.70. The van der Waals surface area contributed by atoms with Crippen molar-refractivity contribution < 1.29 is 9.59 Å². The molecule has 2 amide bonds. The molecule has 2 aromatic heterocycles. The molecule has 6 nitrogen and oxygen atoms in total. The Labute approximate surface area is 144 Å². The van der Waals surface area contributed by atoms with Gasteiger partial charge in [-0.1, -0.05) is 6.07 Å². The van der Waals surface area contributed by atoms with Crippen molar-refractivity contribution in [3.63, 3.8) is 0 Å². The molecule has 1 aliphatic heterocycles. The van der Waals surface area contributed by atoms with Crippen LogP contribution in [0.1, 0.15) is 38.6 Å². The van der Waals surface area contributed by atoms with E-state index >= 15 is 0 Å². The van der Waals surface area contributed by atoms with E-state index in [-0.39, 0.29) is 11.9 Å². The molecule has 7 heteroatoms. The number of nitrogens with zero attached hydrogens (tertiary/aromatic N) is 2. The number of anilines is 1. The SMILES string of the molecule is Cc1cccc(N2CCC(NC(=O)c3cc(C(N)=O)cs3)CC2)n1. The molecule has 24 heavy (non-hydrogen) atoms. The lowest BCUT2D eigenvalue weighted by atomic mass is 10.0. The van der Waals surface area contributed by atoms with Gasteiger partial charge in [0.25, 0.3) is 5.91 Å². The first kappa shape index (κ1) is 16.4. The van der Waals surface area contributed by atoms with Gasteiger partial charge in [0.15, 0.2) is 0 Å². The lowest BCUT2D eigenvalue weighted by Crippen LogP contribution is -2.44. The monoisotopic (exact) mass is 344 g/mol. The number of aryl methyl sites for hydroxylation is 1. The second kappa shape index (κ2) is 7.00. The standard InChI is InChI=1S/C17H20N4O2S/c1-11-3-2-4-15(19-11)21-7-5-13(6-8-21)20-17(23)14-9-12(10-24-14)16(18)22/h2-4,9-10,13H,5-8H2,1H3,(H2,18,22)(H,20,23). The predicted octanol–water partition coefficient (Wildman–Crippen LogP) is 1.95. The topological polar surface area (TPSA) is 88.3 Å². The van der Waals surface area contributed by atoms with Gasteiger partial charge in [0.2, 0.25) is 5.91 Å². The smallest absolute Gasteiger partial charge is 0.261 e. The summed E-state index contributed by atoms with van der Waals surface area (Å²) in [6.45, 7) is 3.70. The molecule has 0 atom stereocenters. The maximum Gasteiger partial charge on any atom is 0.261 e. The fourth-order valence-electron chi connectivity index (χ4n) is 2.80. The first-order valence-corrected chi connectivity index (χ1v) is 8.78. The first-order chi connectivity index (χ1) is 11.5. The van der Waals surface area contributed by atoms with Crippen molar-refractivity contribution in [1.29, 1.82) is 0 Å². The minimum absolute atomic E-state index is 0.137. The largest absolute Gasteiger partial charge is 0.366 e. The Morgan fingerprint density at radius 2 is 2.08 bits per heavy atom. The van der Waals surface area contributed by atoms with Crippen molar-refractivity contribution >= 4 is 29.0 Å². The fourth-order valence-corrected chi connectivity index (χ4v) is 3.60. The Morgan fingerprint density at radius 3 is 2.71 bits per heavy atom. The number of thiophene rings is 1. The number of hydrogen-bond acceptors (Lipinski definition) is 5. The van der Waals surface area contributed by atoms with Crippen LogP contribution in [-0.2, 0) is 0 Å². The number of nitrogens with two attached hydrogens (primary N) is 1. The second-order valence-corrected chi connectivity index (χ2v) is 6.85. The molecule has 0 bridgehead atoms. The number of primary amides is 1. The summed E-state index contributed by atoms with van der Waals surface area (Å²) >= 11 is 1.24. The van der Waals surface area contributed by atoms with Crippen LogP contribution in [0.5, 0.6) is 0 Å². The first-order valence-electron chi connectivity index (χ1n) is 7.91. The summed E-state index contributed by atoms with van der Waals surface area (Å²) in [5, 5.41) is 4.66. The number of nitrogens with one attached hydrogen (secondary N) is 1. The van der Waals surface area contributed by atoms with Crippen LogP contribution in [0, 0.1) is 6.92 Å². The van der Waals surface area contributed by atoms with Gasteiger partial charge in [-0.2, -0.15) is 0 Å². The van der Waals surface area contributed by atoms with Crippen molar-refractivity contribution in [3.05, 3.63) is 45.8 Å². The predicted molar refractivity (Wildman–Crippen MR) is 94.5 cm³/mol. The van der Waals surface area contributed by atoms with Crippen LogP contribution in [-0.4, -0.2) is 35.9 Å². The van der Waals surface area contributed by atoms with Crippen molar-refractivity contribution in [2.24, 2.45) is 5.73 Å². The maximum atomic E-state index is 12.3. The number of rotatable bonds is 4. The third-order valence-electron chi connectivity index (χ3n) is 4.14. The van der Waals surface area contributed by atoms with E-state index in [1.54, 1.807) is 11.4 Å². The Balaban J connectivity index is 1.55. The third kappa shape index (κ3) is 3.73. The summed E-state index contributed by atoms with van der Waals surface area (Å²) in [5.74, 6) is 0.341. The van der Waals surface area contributed by atoms with E-state index in [4.69, 9.17) is 5.73 Å². The van der Waals surface area contributed by atoms with E-state index < -0.39 is 5.91 Å². The van der Waals surface area contributed by atoms with E-state index in [9.17, 15) is 9.59 Å². The summed E-state index contributed by atoms with van der Waals surface area (Å²) in [7, 11) is 0. The van der Waals surface area contributed by atoms with Crippen molar-refractivity contribution in [1.82, 2.24) is 10.3 Å². The molecule has 0 aromatic carbocycles. The minimum Gasteiger partial charge on any atom is -0.366 e. The van der Waals surface area contributed by atoms with Crippen LogP contribution in [0.15, 0.2) is 29.6 Å². The van der Waals surface area contributed by atoms with Gasteiger partial charge in [0, 0.05) is 30.2 Å². The Hall–Kier alpha value is -2.41. The molecule has 3 rings (SSSR count). The number of carbonyl (C=O) groups is 2. The molecule has 126 valence electrons. The third-order valence-corrected chi connectivity index (χ3v) is 5.06. The normalized spacial score (nSPS) is 15.3. The van der Waals surface area contributed by atoms with Gasteiger partial charge < -0.3 is 16.0 Å². The van der Waals surface area contributed by atoms with Gasteiger partial charge >= 0.3 is 0 Å². The van der Waals surface area contributed by atoms with E-state index in [0.717, 1.165) is 37.4 Å². The average molecular weight is 344 g/mol. The molecule has 0 unspecified atom stereocenters. The molecule has 3 N–H and O–H groups in total. The molecule has 0 spiro atoms. The highest BCUT2D eigenvalue weighted by Crippen LogP contribution is 2.19. The van der Waals surface area contributed by atoms with Crippen LogP contribution in [0.3, 0.4) is 0 Å². The molecule has 0 aliphatic carbocycles. The van der Waals surface area contributed by atoms with Crippen LogP contribution in [0.25, 0.3) is 0 Å². The highest BCUT2D eigenvalue weighted by molar-refractivity contribution is 7.12. The number of aromatic nitrogens is 1. The van der Waals surface area contributed by atoms with Crippen molar-refractivity contribution in [3.8, 4) is 0 Å². The summed E-state index contributed by atoms with van der Waals surface area (Å²) in [6.07, 6.45) is 1.74. The average Bonchev–Trinajstić information content (AvgIpc) is 3.06. The zero-order valence-corrected chi connectivity index (χ0v) is 14.3. The molecular formula is C17H20N4O2S. The summed E-state index contributed by atoms with van der Waals surface area (Å²) < 4.78 is 0. The Bertz CT molecular complexity index is 751. The molecular weight excluding hydrogens is 324 g/mol. The van der Waals surface area contributed by atoms with Crippen molar-refractivity contribution in [2.75, 3.05) is 18.0 Å². The van der Waals surface area contributed by atoms with E-state index in [1.807, 2.05) is 25.1 Å². The quantitative estimate of drug-likeness (QED) is 0.887. The van der Waals surface area contributed by atoms with Gasteiger partial charge in [0.1, 0.15) is 5.82 Å². The fraction of sp³-hybridized carbons (Fsp3) is 0.353. The number of piperidine rings is 1. The van der Waals surface area contributed by atoms with Gasteiger partial charge in [-0.3, -0.25) is 9.59 Å². The van der Waals surface area contributed by atoms with Crippen LogP contribution in [0.2, 0.25) is 0 Å². The molecule has 0 saturated carbocycles. The highest BCUT2D eigenvalue weighted by Gasteiger charge is 2.22. The van der Waals surface area contributed by atoms with Gasteiger partial charge in [-0.15, -0.1) is 11.3 Å². The number of hydrogen-bond donors (Lipinski definition) is 2. The van der Waals surface area contributed by atoms with E-state index in [2.05, 4.69) is 15.2 Å². The van der Waals surface area contributed by atoms with Gasteiger partial charge in [0.05, 0.1) is 10.4 Å². The molecule has 0 radical (unpaired) electrons. The van der Waals surface area contributed by atoms with Crippen LogP contribution >= 0.6 is 11.3 Å². The molecule has 1 fully saturated rings. The lowest BCUT2D eigenvalue weighted by molar-refractivity contribution is 0.0935. The molecule has 2 aromatic rings. The number of pyridine rings is 1. The van der Waals surface area contributed by atoms with E-state index in [1.165, 1.54) is 11.3 Å². The van der Waals surface area contributed by atoms with Crippen LogP contribution in [0.4, 0.5) is 5.82 Å². The zero-order chi connectivity index (χ0) is 17.1. The van der Waals surface area contributed by atoms with Crippen LogP contribution < -0.4 is 16.0 Å². The second-order valence-electron chi connectivity index (χ2n) is 5.94. The van der Waals surface area contributed by atoms with Crippen molar-refractivity contribution in [2.45, 2.75) is 25.8 Å². The molecule has 1 saturated heterocycles. The van der Waals surface area contributed by atoms with E-state index in [0.29, 0.717) is 10.4 Å². The molecule has 3 heterocycles. The molecule has 1 aliphatic rings. The van der Waals surface area contributed by atoms with Gasteiger partial charge in [-0.25, -0.2) is 4.98 Å². The number of amides is 2. The Kier molecular flexibility index (Phi) is 4.80. The Morgan fingerprint density at radius 1 is 1.33 bits per heavy atom. The maximum absolute atomic E-state index is 12.3. The zero-order valence-electron chi connectivity index (χ0n) is 13.5. The summed E-state index contributed by atoms with van der Waals surface area (Å²) in [5.41, 5.74) is 6.60. The van der Waals surface area contributed by atoms with Gasteiger partial charge in [-0.05, 0) is 38.0 Å². The lowest BCUT2D eigenvalue weighted by Gasteiger charge is -2.33. The highest BCUT2D eigenvalue weighted by atomic mass is 32.1.